The molecule has 4 rings (SSSR count). The maximum absolute atomic E-state index is 13.3. The SMILES string of the molecule is COc1ccccc1NC(=O)CN1C(=O)C(c2cccc(Cl)c2)=NC12CCCCC2. The van der Waals surface area contributed by atoms with E-state index in [2.05, 4.69) is 5.32 Å². The van der Waals surface area contributed by atoms with Gasteiger partial charge in [0.05, 0.1) is 12.8 Å². The molecule has 1 saturated carbocycles. The number of anilines is 1. The van der Waals surface area contributed by atoms with Gasteiger partial charge in [-0.15, -0.1) is 0 Å². The van der Waals surface area contributed by atoms with Crippen molar-refractivity contribution in [3.63, 3.8) is 0 Å². The van der Waals surface area contributed by atoms with Gasteiger partial charge in [-0.2, -0.15) is 0 Å². The highest BCUT2D eigenvalue weighted by molar-refractivity contribution is 6.47. The van der Waals surface area contributed by atoms with Crippen LogP contribution >= 0.6 is 11.6 Å². The molecule has 0 saturated heterocycles. The number of para-hydroxylation sites is 2. The molecule has 0 atom stereocenters. The Morgan fingerprint density at radius 2 is 1.93 bits per heavy atom. The van der Waals surface area contributed by atoms with Crippen LogP contribution in [0.3, 0.4) is 0 Å². The van der Waals surface area contributed by atoms with Crippen molar-refractivity contribution in [1.82, 2.24) is 4.90 Å². The van der Waals surface area contributed by atoms with Gasteiger partial charge in [0.25, 0.3) is 5.91 Å². The molecule has 0 bridgehead atoms. The number of ether oxygens (including phenoxy) is 1. The molecule has 7 heteroatoms. The van der Waals surface area contributed by atoms with E-state index in [4.69, 9.17) is 21.3 Å². The number of nitrogens with zero attached hydrogens (tertiary/aromatic N) is 2. The zero-order valence-electron chi connectivity index (χ0n) is 16.9. The van der Waals surface area contributed by atoms with Crippen molar-refractivity contribution in [3.05, 3.63) is 59.1 Å². The molecule has 1 fully saturated rings. The van der Waals surface area contributed by atoms with Gasteiger partial charge in [-0.3, -0.25) is 14.6 Å². The minimum atomic E-state index is -0.662. The topological polar surface area (TPSA) is 71.0 Å². The second-order valence-corrected chi connectivity index (χ2v) is 8.09. The van der Waals surface area contributed by atoms with Crippen LogP contribution in [-0.2, 0) is 9.59 Å². The number of nitrogens with one attached hydrogen (secondary N) is 1. The van der Waals surface area contributed by atoms with Gasteiger partial charge in [0.15, 0.2) is 0 Å². The van der Waals surface area contributed by atoms with Crippen LogP contribution in [0.25, 0.3) is 0 Å². The summed E-state index contributed by atoms with van der Waals surface area (Å²) in [7, 11) is 1.55. The lowest BCUT2D eigenvalue weighted by atomic mass is 9.88. The highest BCUT2D eigenvalue weighted by Gasteiger charge is 2.48. The summed E-state index contributed by atoms with van der Waals surface area (Å²) in [5.41, 5.74) is 0.977. The van der Waals surface area contributed by atoms with Crippen LogP contribution < -0.4 is 10.1 Å². The number of hydrogen-bond donors (Lipinski definition) is 1. The number of methoxy groups -OCH3 is 1. The summed E-state index contributed by atoms with van der Waals surface area (Å²) >= 11 is 6.13. The fourth-order valence-electron chi connectivity index (χ4n) is 4.26. The maximum Gasteiger partial charge on any atom is 0.275 e. The van der Waals surface area contributed by atoms with E-state index in [1.165, 1.54) is 0 Å². The number of amides is 2. The van der Waals surface area contributed by atoms with Gasteiger partial charge in [0, 0.05) is 10.6 Å². The Morgan fingerprint density at radius 1 is 1.17 bits per heavy atom. The van der Waals surface area contributed by atoms with Gasteiger partial charge < -0.3 is 15.0 Å². The smallest absolute Gasteiger partial charge is 0.275 e. The van der Waals surface area contributed by atoms with Gasteiger partial charge in [0.1, 0.15) is 23.7 Å². The maximum atomic E-state index is 13.3. The molecule has 2 aromatic rings. The number of aliphatic imine (C=N–C) groups is 1. The van der Waals surface area contributed by atoms with E-state index in [1.807, 2.05) is 18.2 Å². The largest absolute Gasteiger partial charge is 0.495 e. The van der Waals surface area contributed by atoms with E-state index >= 15 is 0 Å². The number of carbonyl (C=O) groups is 2. The molecule has 0 aromatic heterocycles. The molecule has 0 radical (unpaired) electrons. The van der Waals surface area contributed by atoms with E-state index in [1.54, 1.807) is 42.3 Å². The zero-order chi connectivity index (χ0) is 21.1. The third kappa shape index (κ3) is 3.92. The predicted molar refractivity (Wildman–Crippen MR) is 117 cm³/mol. The molecule has 2 amide bonds. The minimum Gasteiger partial charge on any atom is -0.495 e. The number of rotatable bonds is 5. The summed E-state index contributed by atoms with van der Waals surface area (Å²) in [4.78, 5) is 32.7. The zero-order valence-corrected chi connectivity index (χ0v) is 17.6. The highest BCUT2D eigenvalue weighted by Crippen LogP contribution is 2.39. The first-order valence-electron chi connectivity index (χ1n) is 10.1. The molecule has 1 aliphatic carbocycles. The van der Waals surface area contributed by atoms with Crippen molar-refractivity contribution in [3.8, 4) is 5.75 Å². The first-order chi connectivity index (χ1) is 14.5. The summed E-state index contributed by atoms with van der Waals surface area (Å²) < 4.78 is 5.30. The van der Waals surface area contributed by atoms with Gasteiger partial charge in [-0.1, -0.05) is 42.3 Å². The quantitative estimate of drug-likeness (QED) is 0.777. The van der Waals surface area contributed by atoms with Crippen LogP contribution in [0.5, 0.6) is 5.75 Å². The average molecular weight is 426 g/mol. The summed E-state index contributed by atoms with van der Waals surface area (Å²) in [5.74, 6) is 0.0662. The third-order valence-corrected chi connectivity index (χ3v) is 5.94. The number of hydrogen-bond acceptors (Lipinski definition) is 4. The van der Waals surface area contributed by atoms with E-state index in [0.717, 1.165) is 32.1 Å². The molecule has 0 unspecified atom stereocenters. The van der Waals surface area contributed by atoms with Gasteiger partial charge in [-0.25, -0.2) is 0 Å². The number of halogens is 1. The van der Waals surface area contributed by atoms with Crippen molar-refractivity contribution < 1.29 is 14.3 Å². The second kappa shape index (κ2) is 8.48. The van der Waals surface area contributed by atoms with Crippen molar-refractivity contribution in [2.75, 3.05) is 19.0 Å². The Kier molecular flexibility index (Phi) is 5.77. The van der Waals surface area contributed by atoms with Gasteiger partial charge in [-0.05, 0) is 49.9 Å². The standard InChI is InChI=1S/C23H24ClN3O3/c1-30-19-11-4-3-10-18(19)25-20(28)15-27-22(29)21(16-8-7-9-17(24)14-16)26-23(27)12-5-2-6-13-23/h3-4,7-11,14H,2,5-6,12-13,15H2,1H3,(H,25,28). The molecular formula is C23H24ClN3O3. The molecule has 1 N–H and O–H groups in total. The third-order valence-electron chi connectivity index (χ3n) is 5.71. The molecule has 30 heavy (non-hydrogen) atoms. The highest BCUT2D eigenvalue weighted by atomic mass is 35.5. The van der Waals surface area contributed by atoms with Crippen LogP contribution in [0.4, 0.5) is 5.69 Å². The lowest BCUT2D eigenvalue weighted by molar-refractivity contribution is -0.134. The molecule has 1 heterocycles. The normalized spacial score (nSPS) is 17.7. The van der Waals surface area contributed by atoms with Crippen molar-refractivity contribution in [2.24, 2.45) is 4.99 Å². The van der Waals surface area contributed by atoms with Crippen LogP contribution in [0.15, 0.2) is 53.5 Å². The van der Waals surface area contributed by atoms with E-state index in [-0.39, 0.29) is 18.4 Å². The van der Waals surface area contributed by atoms with Crippen molar-refractivity contribution >= 4 is 34.8 Å². The Balaban J connectivity index is 1.60. The summed E-state index contributed by atoms with van der Waals surface area (Å²) in [6.45, 7) is -0.0650. The Morgan fingerprint density at radius 3 is 2.67 bits per heavy atom. The van der Waals surface area contributed by atoms with Crippen LogP contribution in [0.2, 0.25) is 5.02 Å². The van der Waals surface area contributed by atoms with E-state index in [9.17, 15) is 9.59 Å². The summed E-state index contributed by atoms with van der Waals surface area (Å²) in [5, 5.41) is 3.41. The van der Waals surface area contributed by atoms with Crippen LogP contribution in [-0.4, -0.2) is 41.7 Å². The molecule has 2 aliphatic rings. The molecule has 6 nitrogen and oxygen atoms in total. The summed E-state index contributed by atoms with van der Waals surface area (Å²) in [6.07, 6.45) is 4.57. The molecule has 1 aliphatic heterocycles. The predicted octanol–water partition coefficient (Wildman–Crippen LogP) is 4.28. The summed E-state index contributed by atoms with van der Waals surface area (Å²) in [6, 6.07) is 14.3. The lowest BCUT2D eigenvalue weighted by Gasteiger charge is -2.38. The van der Waals surface area contributed by atoms with Gasteiger partial charge >= 0.3 is 0 Å². The number of benzene rings is 2. The Bertz CT molecular complexity index is 999. The first kappa shape index (κ1) is 20.4. The average Bonchev–Trinajstić information content (AvgIpc) is 3.00. The van der Waals surface area contributed by atoms with Crippen molar-refractivity contribution in [1.29, 1.82) is 0 Å². The molecule has 2 aromatic carbocycles. The molecule has 156 valence electrons. The molecular weight excluding hydrogens is 402 g/mol. The van der Waals surface area contributed by atoms with Crippen LogP contribution in [0.1, 0.15) is 37.7 Å². The minimum absolute atomic E-state index is 0.0650. The second-order valence-electron chi connectivity index (χ2n) is 7.65. The fraction of sp³-hybridized carbons (Fsp3) is 0.348. The first-order valence-corrected chi connectivity index (χ1v) is 10.5. The fourth-order valence-corrected chi connectivity index (χ4v) is 4.45. The Hall–Kier alpha value is -2.86. The lowest BCUT2D eigenvalue weighted by Crippen LogP contribution is -2.51. The Labute approximate surface area is 180 Å². The van der Waals surface area contributed by atoms with Gasteiger partial charge in [0.2, 0.25) is 5.91 Å². The van der Waals surface area contributed by atoms with E-state index in [0.29, 0.717) is 27.7 Å². The van der Waals surface area contributed by atoms with E-state index < -0.39 is 5.66 Å². The monoisotopic (exact) mass is 425 g/mol. The van der Waals surface area contributed by atoms with Crippen LogP contribution in [0, 0.1) is 0 Å². The number of carbonyl (C=O) groups excluding carboxylic acids is 2. The van der Waals surface area contributed by atoms with Crippen molar-refractivity contribution in [2.45, 2.75) is 37.8 Å². The molecule has 1 spiro atoms.